The summed E-state index contributed by atoms with van der Waals surface area (Å²) in [5.74, 6) is 1.40. The van der Waals surface area contributed by atoms with E-state index in [2.05, 4.69) is 66.5 Å². The van der Waals surface area contributed by atoms with Crippen LogP contribution in [0.4, 0.5) is 17.5 Å². The Balaban J connectivity index is 1.37. The summed E-state index contributed by atoms with van der Waals surface area (Å²) >= 11 is 0. The second kappa shape index (κ2) is 7.99. The van der Waals surface area contributed by atoms with Crippen LogP contribution in [0.5, 0.6) is 0 Å². The summed E-state index contributed by atoms with van der Waals surface area (Å²) in [6.07, 6.45) is 5.26. The maximum Gasteiger partial charge on any atom is 0.247 e. The van der Waals surface area contributed by atoms with Gasteiger partial charge in [-0.2, -0.15) is 10.1 Å². The van der Waals surface area contributed by atoms with E-state index in [1.54, 1.807) is 12.4 Å². The average molecular weight is 361 g/mol. The van der Waals surface area contributed by atoms with Crippen LogP contribution in [-0.4, -0.2) is 46.3 Å². The van der Waals surface area contributed by atoms with Crippen LogP contribution in [0.15, 0.2) is 55.0 Å². The molecule has 1 aliphatic heterocycles. The van der Waals surface area contributed by atoms with Crippen LogP contribution in [0.3, 0.4) is 0 Å². The third-order valence-corrected chi connectivity index (χ3v) is 4.67. The van der Waals surface area contributed by atoms with E-state index >= 15 is 0 Å². The van der Waals surface area contributed by atoms with Gasteiger partial charge in [0.25, 0.3) is 0 Å². The summed E-state index contributed by atoms with van der Waals surface area (Å²) in [5.41, 5.74) is 3.67. The Hall–Kier alpha value is -3.22. The molecule has 3 aromatic rings. The highest BCUT2D eigenvalue weighted by molar-refractivity contribution is 5.50. The first kappa shape index (κ1) is 17.2. The minimum absolute atomic E-state index is 0.660. The van der Waals surface area contributed by atoms with Gasteiger partial charge in [0.15, 0.2) is 5.82 Å². The molecule has 3 heterocycles. The van der Waals surface area contributed by atoms with Gasteiger partial charge in [-0.3, -0.25) is 4.98 Å². The van der Waals surface area contributed by atoms with Crippen molar-refractivity contribution in [2.24, 2.45) is 0 Å². The summed E-state index contributed by atoms with van der Waals surface area (Å²) in [6, 6.07) is 12.6. The fourth-order valence-electron chi connectivity index (χ4n) is 3.20. The monoisotopic (exact) mass is 361 g/mol. The van der Waals surface area contributed by atoms with Crippen LogP contribution < -0.4 is 15.1 Å². The van der Waals surface area contributed by atoms with Gasteiger partial charge in [-0.05, 0) is 36.2 Å². The minimum Gasteiger partial charge on any atom is -0.368 e. The van der Waals surface area contributed by atoms with E-state index < -0.39 is 0 Å². The lowest BCUT2D eigenvalue weighted by molar-refractivity contribution is 0.635. The predicted molar refractivity (Wildman–Crippen MR) is 107 cm³/mol. The predicted octanol–water partition coefficient (Wildman–Crippen LogP) is 2.51. The van der Waals surface area contributed by atoms with Crippen LogP contribution in [0, 0.1) is 6.92 Å². The van der Waals surface area contributed by atoms with Crippen molar-refractivity contribution in [3.05, 3.63) is 66.1 Å². The molecule has 1 fully saturated rings. The largest absolute Gasteiger partial charge is 0.368 e. The van der Waals surface area contributed by atoms with Crippen molar-refractivity contribution in [3.63, 3.8) is 0 Å². The highest BCUT2D eigenvalue weighted by atomic mass is 15.4. The molecule has 2 aromatic heterocycles. The van der Waals surface area contributed by atoms with Crippen LogP contribution in [0.1, 0.15) is 11.1 Å². The van der Waals surface area contributed by atoms with Crippen molar-refractivity contribution in [2.45, 2.75) is 13.5 Å². The number of pyridine rings is 1. The molecule has 0 saturated carbocycles. The molecule has 1 saturated heterocycles. The van der Waals surface area contributed by atoms with Crippen molar-refractivity contribution >= 4 is 17.5 Å². The van der Waals surface area contributed by atoms with E-state index in [0.29, 0.717) is 12.5 Å². The van der Waals surface area contributed by atoms with Crippen molar-refractivity contribution < 1.29 is 0 Å². The molecule has 4 rings (SSSR count). The molecule has 0 aliphatic carbocycles. The van der Waals surface area contributed by atoms with Gasteiger partial charge in [-0.1, -0.05) is 18.2 Å². The summed E-state index contributed by atoms with van der Waals surface area (Å²) in [5, 5.41) is 11.6. The maximum atomic E-state index is 4.63. The van der Waals surface area contributed by atoms with Gasteiger partial charge in [0, 0.05) is 50.8 Å². The topological polar surface area (TPSA) is 70.1 Å². The first-order valence-electron chi connectivity index (χ1n) is 9.17. The highest BCUT2D eigenvalue weighted by Gasteiger charge is 2.20. The summed E-state index contributed by atoms with van der Waals surface area (Å²) in [4.78, 5) is 13.3. The lowest BCUT2D eigenvalue weighted by Crippen LogP contribution is -2.47. The van der Waals surface area contributed by atoms with Crippen molar-refractivity contribution in [1.29, 1.82) is 0 Å². The molecule has 7 heteroatoms. The van der Waals surface area contributed by atoms with Crippen LogP contribution in [-0.2, 0) is 6.54 Å². The van der Waals surface area contributed by atoms with Gasteiger partial charge in [-0.15, -0.1) is 5.10 Å². The van der Waals surface area contributed by atoms with Gasteiger partial charge in [-0.25, -0.2) is 0 Å². The standard InChI is InChI=1S/C20H23N7/c1-16-4-2-6-18(12-16)26-8-10-27(11-9-26)20-24-19(15-23-25-20)22-14-17-5-3-7-21-13-17/h2-7,12-13,15H,8-11,14H2,1H3,(H,22,24,25). The Morgan fingerprint density at radius 3 is 2.63 bits per heavy atom. The number of aryl methyl sites for hydroxylation is 1. The molecule has 1 aromatic carbocycles. The van der Waals surface area contributed by atoms with E-state index in [-0.39, 0.29) is 0 Å². The number of nitrogens with one attached hydrogen (secondary N) is 1. The molecule has 1 aliphatic rings. The van der Waals surface area contributed by atoms with E-state index in [4.69, 9.17) is 0 Å². The zero-order valence-corrected chi connectivity index (χ0v) is 15.4. The lowest BCUT2D eigenvalue weighted by Gasteiger charge is -2.36. The zero-order valence-electron chi connectivity index (χ0n) is 15.4. The van der Waals surface area contributed by atoms with Gasteiger partial charge >= 0.3 is 0 Å². The minimum atomic E-state index is 0.660. The van der Waals surface area contributed by atoms with Gasteiger partial charge in [0.1, 0.15) is 0 Å². The second-order valence-electron chi connectivity index (χ2n) is 6.67. The van der Waals surface area contributed by atoms with Crippen molar-refractivity contribution in [3.8, 4) is 0 Å². The number of aromatic nitrogens is 4. The van der Waals surface area contributed by atoms with Gasteiger partial charge < -0.3 is 15.1 Å². The van der Waals surface area contributed by atoms with Crippen LogP contribution in [0.2, 0.25) is 0 Å². The Labute approximate surface area is 159 Å². The van der Waals surface area contributed by atoms with E-state index in [9.17, 15) is 0 Å². The first-order chi connectivity index (χ1) is 13.3. The van der Waals surface area contributed by atoms with Crippen molar-refractivity contribution in [2.75, 3.05) is 41.3 Å². The van der Waals surface area contributed by atoms with Gasteiger partial charge in [0.05, 0.1) is 6.20 Å². The molecular weight excluding hydrogens is 338 g/mol. The zero-order chi connectivity index (χ0) is 18.5. The summed E-state index contributed by atoms with van der Waals surface area (Å²) in [7, 11) is 0. The molecule has 0 bridgehead atoms. The summed E-state index contributed by atoms with van der Waals surface area (Å²) < 4.78 is 0. The normalized spacial score (nSPS) is 14.3. The lowest BCUT2D eigenvalue weighted by atomic mass is 10.2. The summed E-state index contributed by atoms with van der Waals surface area (Å²) in [6.45, 7) is 6.43. The van der Waals surface area contributed by atoms with Crippen molar-refractivity contribution in [1.82, 2.24) is 20.2 Å². The quantitative estimate of drug-likeness (QED) is 0.749. The third kappa shape index (κ3) is 4.31. The fraction of sp³-hybridized carbons (Fsp3) is 0.300. The molecule has 0 atom stereocenters. The van der Waals surface area contributed by atoms with Crippen LogP contribution in [0.25, 0.3) is 0 Å². The number of nitrogens with zero attached hydrogens (tertiary/aromatic N) is 6. The Morgan fingerprint density at radius 1 is 1.00 bits per heavy atom. The average Bonchev–Trinajstić information content (AvgIpc) is 2.73. The number of hydrogen-bond acceptors (Lipinski definition) is 7. The molecule has 0 unspecified atom stereocenters. The molecule has 27 heavy (non-hydrogen) atoms. The molecule has 0 radical (unpaired) electrons. The second-order valence-corrected chi connectivity index (χ2v) is 6.67. The fourth-order valence-corrected chi connectivity index (χ4v) is 3.20. The van der Waals surface area contributed by atoms with E-state index in [1.807, 2.05) is 18.3 Å². The maximum absolute atomic E-state index is 4.63. The molecule has 7 nitrogen and oxygen atoms in total. The molecule has 0 spiro atoms. The molecule has 0 amide bonds. The molecule has 138 valence electrons. The molecule has 1 N–H and O–H groups in total. The smallest absolute Gasteiger partial charge is 0.247 e. The number of piperazine rings is 1. The highest BCUT2D eigenvalue weighted by Crippen LogP contribution is 2.19. The third-order valence-electron chi connectivity index (χ3n) is 4.67. The SMILES string of the molecule is Cc1cccc(N2CCN(c3nncc(NCc4cccnc4)n3)CC2)c1. The van der Waals surface area contributed by atoms with Gasteiger partial charge in [0.2, 0.25) is 5.95 Å². The number of rotatable bonds is 5. The molecular formula is C20H23N7. The van der Waals surface area contributed by atoms with E-state index in [0.717, 1.165) is 37.6 Å². The Morgan fingerprint density at radius 2 is 1.85 bits per heavy atom. The number of hydrogen-bond donors (Lipinski definition) is 1. The van der Waals surface area contributed by atoms with Crippen LogP contribution >= 0.6 is 0 Å². The first-order valence-corrected chi connectivity index (χ1v) is 9.17. The Kier molecular flexibility index (Phi) is 5.09. The number of benzene rings is 1. The Bertz CT molecular complexity index is 876. The van der Waals surface area contributed by atoms with E-state index in [1.165, 1.54) is 11.3 Å². The number of anilines is 3.